The van der Waals surface area contributed by atoms with Crippen LogP contribution < -0.4 is 10.1 Å². The van der Waals surface area contributed by atoms with Crippen molar-refractivity contribution < 1.29 is 9.53 Å². The Labute approximate surface area is 109 Å². The van der Waals surface area contributed by atoms with Gasteiger partial charge in [-0.15, -0.1) is 0 Å². The molecule has 1 aliphatic carbocycles. The first-order valence-corrected chi connectivity index (χ1v) is 6.73. The van der Waals surface area contributed by atoms with E-state index < -0.39 is 0 Å². The van der Waals surface area contributed by atoms with Crippen molar-refractivity contribution in [3.05, 3.63) is 29.8 Å². The summed E-state index contributed by atoms with van der Waals surface area (Å²) in [5.74, 6) is 0.934. The van der Waals surface area contributed by atoms with Gasteiger partial charge in [0.15, 0.2) is 0 Å². The van der Waals surface area contributed by atoms with Crippen molar-refractivity contribution in [1.82, 2.24) is 5.32 Å². The number of amides is 1. The van der Waals surface area contributed by atoms with Crippen molar-refractivity contribution in [2.75, 3.05) is 6.61 Å². The molecule has 1 aromatic rings. The van der Waals surface area contributed by atoms with Crippen molar-refractivity contribution in [2.24, 2.45) is 0 Å². The second-order valence-corrected chi connectivity index (χ2v) is 4.96. The average Bonchev–Trinajstić information content (AvgIpc) is 2.84. The Bertz CT molecular complexity index is 380. The zero-order valence-corrected chi connectivity index (χ0v) is 10.9. The SMILES string of the molecule is Cc1ccc(OCCC(=O)NC2CCCC2)cc1. The van der Waals surface area contributed by atoms with Gasteiger partial charge in [0.25, 0.3) is 0 Å². The highest BCUT2D eigenvalue weighted by molar-refractivity contribution is 5.76. The molecule has 2 rings (SSSR count). The lowest BCUT2D eigenvalue weighted by atomic mass is 10.2. The molecule has 0 bridgehead atoms. The summed E-state index contributed by atoms with van der Waals surface area (Å²) in [5, 5.41) is 3.06. The van der Waals surface area contributed by atoms with Crippen LogP contribution in [-0.2, 0) is 4.79 Å². The molecule has 0 radical (unpaired) electrons. The van der Waals surface area contributed by atoms with Crippen molar-refractivity contribution in [2.45, 2.75) is 45.1 Å². The van der Waals surface area contributed by atoms with E-state index in [0.29, 0.717) is 19.1 Å². The van der Waals surface area contributed by atoms with E-state index in [2.05, 4.69) is 5.32 Å². The number of hydrogen-bond acceptors (Lipinski definition) is 2. The first-order valence-electron chi connectivity index (χ1n) is 6.73. The van der Waals surface area contributed by atoms with Crippen LogP contribution in [0.1, 0.15) is 37.7 Å². The van der Waals surface area contributed by atoms with Gasteiger partial charge in [-0.2, -0.15) is 0 Å². The molecule has 0 unspecified atom stereocenters. The average molecular weight is 247 g/mol. The lowest BCUT2D eigenvalue weighted by molar-refractivity contribution is -0.122. The topological polar surface area (TPSA) is 38.3 Å². The molecule has 18 heavy (non-hydrogen) atoms. The van der Waals surface area contributed by atoms with E-state index in [4.69, 9.17) is 4.74 Å². The van der Waals surface area contributed by atoms with Crippen molar-refractivity contribution in [1.29, 1.82) is 0 Å². The number of hydrogen-bond donors (Lipinski definition) is 1. The quantitative estimate of drug-likeness (QED) is 0.869. The fraction of sp³-hybridized carbons (Fsp3) is 0.533. The normalized spacial score (nSPS) is 15.6. The van der Waals surface area contributed by atoms with Gasteiger partial charge in [-0.05, 0) is 31.9 Å². The molecule has 1 amide bonds. The Morgan fingerprint density at radius 1 is 1.28 bits per heavy atom. The highest BCUT2D eigenvalue weighted by atomic mass is 16.5. The highest BCUT2D eigenvalue weighted by Crippen LogP contribution is 2.17. The van der Waals surface area contributed by atoms with Crippen LogP contribution in [0.25, 0.3) is 0 Å². The summed E-state index contributed by atoms with van der Waals surface area (Å²) in [7, 11) is 0. The minimum Gasteiger partial charge on any atom is -0.493 e. The van der Waals surface area contributed by atoms with E-state index in [0.717, 1.165) is 18.6 Å². The first-order chi connectivity index (χ1) is 8.74. The van der Waals surface area contributed by atoms with E-state index >= 15 is 0 Å². The molecule has 1 fully saturated rings. The third-order valence-electron chi connectivity index (χ3n) is 3.34. The fourth-order valence-electron chi connectivity index (χ4n) is 2.27. The van der Waals surface area contributed by atoms with E-state index in [9.17, 15) is 4.79 Å². The summed E-state index contributed by atoms with van der Waals surface area (Å²) in [6, 6.07) is 8.29. The van der Waals surface area contributed by atoms with E-state index in [1.807, 2.05) is 31.2 Å². The van der Waals surface area contributed by atoms with E-state index in [1.54, 1.807) is 0 Å². The number of rotatable bonds is 5. The lowest BCUT2D eigenvalue weighted by Gasteiger charge is -2.12. The van der Waals surface area contributed by atoms with Gasteiger partial charge in [-0.25, -0.2) is 0 Å². The second-order valence-electron chi connectivity index (χ2n) is 4.96. The van der Waals surface area contributed by atoms with Gasteiger partial charge in [0.05, 0.1) is 13.0 Å². The van der Waals surface area contributed by atoms with Crippen molar-refractivity contribution >= 4 is 5.91 Å². The van der Waals surface area contributed by atoms with Crippen LogP contribution in [0, 0.1) is 6.92 Å². The Hall–Kier alpha value is -1.51. The Balaban J connectivity index is 1.65. The number of aryl methyl sites for hydroxylation is 1. The number of benzene rings is 1. The highest BCUT2D eigenvalue weighted by Gasteiger charge is 2.16. The van der Waals surface area contributed by atoms with Gasteiger partial charge in [0, 0.05) is 6.04 Å². The molecule has 1 N–H and O–H groups in total. The minimum absolute atomic E-state index is 0.106. The van der Waals surface area contributed by atoms with E-state index in [1.165, 1.54) is 18.4 Å². The summed E-state index contributed by atoms with van der Waals surface area (Å²) in [6.07, 6.45) is 5.18. The minimum atomic E-state index is 0.106. The molecule has 0 saturated heterocycles. The fourth-order valence-corrected chi connectivity index (χ4v) is 2.27. The van der Waals surface area contributed by atoms with Crippen LogP contribution in [0.15, 0.2) is 24.3 Å². The molecule has 3 nitrogen and oxygen atoms in total. The summed E-state index contributed by atoms with van der Waals surface area (Å²) in [5.41, 5.74) is 1.21. The molecule has 1 aromatic carbocycles. The largest absolute Gasteiger partial charge is 0.493 e. The number of ether oxygens (including phenoxy) is 1. The number of carbonyl (C=O) groups excluding carboxylic acids is 1. The van der Waals surface area contributed by atoms with Crippen LogP contribution in [-0.4, -0.2) is 18.6 Å². The van der Waals surface area contributed by atoms with Crippen LogP contribution in [0.4, 0.5) is 0 Å². The predicted molar refractivity (Wildman–Crippen MR) is 71.7 cm³/mol. The molecule has 0 atom stereocenters. The molecular formula is C15H21NO2. The monoisotopic (exact) mass is 247 g/mol. The molecule has 98 valence electrons. The van der Waals surface area contributed by atoms with Gasteiger partial charge < -0.3 is 10.1 Å². The smallest absolute Gasteiger partial charge is 0.223 e. The molecule has 3 heteroatoms. The van der Waals surface area contributed by atoms with Gasteiger partial charge in [0.1, 0.15) is 5.75 Å². The summed E-state index contributed by atoms with van der Waals surface area (Å²) < 4.78 is 5.54. The Morgan fingerprint density at radius 2 is 1.94 bits per heavy atom. The molecule has 0 aromatic heterocycles. The van der Waals surface area contributed by atoms with Gasteiger partial charge in [-0.3, -0.25) is 4.79 Å². The lowest BCUT2D eigenvalue weighted by Crippen LogP contribution is -2.33. The zero-order chi connectivity index (χ0) is 12.8. The molecule has 0 heterocycles. The maximum absolute atomic E-state index is 11.7. The van der Waals surface area contributed by atoms with Gasteiger partial charge >= 0.3 is 0 Å². The summed E-state index contributed by atoms with van der Waals surface area (Å²) in [4.78, 5) is 11.7. The standard InChI is InChI=1S/C15H21NO2/c1-12-6-8-14(9-7-12)18-11-10-15(17)16-13-4-2-3-5-13/h6-9,13H,2-5,10-11H2,1H3,(H,16,17). The molecule has 1 saturated carbocycles. The molecule has 1 aliphatic rings. The maximum Gasteiger partial charge on any atom is 0.223 e. The summed E-state index contributed by atoms with van der Waals surface area (Å²) in [6.45, 7) is 2.49. The molecule has 0 spiro atoms. The molecular weight excluding hydrogens is 226 g/mol. The van der Waals surface area contributed by atoms with Crippen LogP contribution in [0.5, 0.6) is 5.75 Å². The van der Waals surface area contributed by atoms with Crippen molar-refractivity contribution in [3.8, 4) is 5.75 Å². The van der Waals surface area contributed by atoms with E-state index in [-0.39, 0.29) is 5.91 Å². The number of carbonyl (C=O) groups is 1. The zero-order valence-electron chi connectivity index (χ0n) is 10.9. The number of nitrogens with one attached hydrogen (secondary N) is 1. The third-order valence-corrected chi connectivity index (χ3v) is 3.34. The van der Waals surface area contributed by atoms with Gasteiger partial charge in [0.2, 0.25) is 5.91 Å². The first kappa shape index (κ1) is 12.9. The maximum atomic E-state index is 11.7. The van der Waals surface area contributed by atoms with Crippen molar-refractivity contribution in [3.63, 3.8) is 0 Å². The third kappa shape index (κ3) is 4.06. The Kier molecular flexibility index (Phi) is 4.62. The Morgan fingerprint density at radius 3 is 2.61 bits per heavy atom. The van der Waals surface area contributed by atoms with Crippen LogP contribution >= 0.6 is 0 Å². The van der Waals surface area contributed by atoms with Gasteiger partial charge in [-0.1, -0.05) is 30.5 Å². The van der Waals surface area contributed by atoms with Crippen LogP contribution in [0.2, 0.25) is 0 Å². The second kappa shape index (κ2) is 6.43. The predicted octanol–water partition coefficient (Wildman–Crippen LogP) is 2.82. The van der Waals surface area contributed by atoms with Crippen LogP contribution in [0.3, 0.4) is 0 Å². The molecule has 0 aliphatic heterocycles. The summed E-state index contributed by atoms with van der Waals surface area (Å²) >= 11 is 0.